The van der Waals surface area contributed by atoms with Gasteiger partial charge in [-0.3, -0.25) is 4.79 Å². The molecule has 0 radical (unpaired) electrons. The van der Waals surface area contributed by atoms with Gasteiger partial charge >= 0.3 is 0 Å². The van der Waals surface area contributed by atoms with Crippen LogP contribution in [0.3, 0.4) is 0 Å². The van der Waals surface area contributed by atoms with Crippen LogP contribution in [0.2, 0.25) is 0 Å². The third-order valence-corrected chi connectivity index (χ3v) is 6.08. The van der Waals surface area contributed by atoms with E-state index in [2.05, 4.69) is 0 Å². The first kappa shape index (κ1) is 25.9. The second kappa shape index (κ2) is 11.8. The number of methoxy groups -OCH3 is 1. The van der Waals surface area contributed by atoms with Crippen LogP contribution in [0.15, 0.2) is 106 Å². The van der Waals surface area contributed by atoms with Crippen LogP contribution in [0.4, 0.5) is 0 Å². The van der Waals surface area contributed by atoms with E-state index in [4.69, 9.17) is 23.4 Å². The van der Waals surface area contributed by atoms with Gasteiger partial charge in [-0.1, -0.05) is 60.7 Å². The molecule has 198 valence electrons. The number of rotatable bonds is 10. The summed E-state index contributed by atoms with van der Waals surface area (Å²) in [7, 11) is 1.53. The van der Waals surface area contributed by atoms with E-state index in [0.717, 1.165) is 22.4 Å². The average molecular weight is 523 g/mol. The van der Waals surface area contributed by atoms with Crippen molar-refractivity contribution in [2.75, 3.05) is 7.11 Å². The van der Waals surface area contributed by atoms with Crippen LogP contribution in [0, 0.1) is 0 Å². The van der Waals surface area contributed by atoms with Crippen LogP contribution < -0.4 is 24.4 Å². The monoisotopic (exact) mass is 522 g/mol. The number of benzene rings is 4. The molecule has 5 rings (SSSR count). The van der Waals surface area contributed by atoms with Gasteiger partial charge in [0.05, 0.1) is 13.2 Å². The lowest BCUT2D eigenvalue weighted by atomic mass is 10.1. The minimum absolute atomic E-state index is 0.200. The van der Waals surface area contributed by atoms with Crippen molar-refractivity contribution in [1.82, 2.24) is 0 Å². The maximum atomic E-state index is 13.4. The predicted octanol–water partition coefficient (Wildman–Crippen LogP) is 7.41. The summed E-state index contributed by atoms with van der Waals surface area (Å²) in [5, 5.41) is 0.305. The molecule has 0 aliphatic rings. The molecule has 1 aromatic heterocycles. The first-order valence-electron chi connectivity index (χ1n) is 12.8. The molecule has 0 N–H and O–H groups in total. The van der Waals surface area contributed by atoms with E-state index in [1.165, 1.54) is 13.2 Å². The molecule has 0 fully saturated rings. The fourth-order valence-corrected chi connectivity index (χ4v) is 4.23. The maximum Gasteiger partial charge on any atom is 0.204 e. The molecule has 6 nitrogen and oxygen atoms in total. The number of hydrogen-bond donors (Lipinski definition) is 0. The van der Waals surface area contributed by atoms with E-state index < -0.39 is 0 Å². The van der Waals surface area contributed by atoms with E-state index in [1.54, 1.807) is 6.07 Å². The molecule has 0 saturated heterocycles. The van der Waals surface area contributed by atoms with Gasteiger partial charge < -0.3 is 23.4 Å². The molecular formula is C33H30O6. The van der Waals surface area contributed by atoms with Crippen LogP contribution >= 0.6 is 0 Å². The van der Waals surface area contributed by atoms with E-state index in [0.29, 0.717) is 47.2 Å². The van der Waals surface area contributed by atoms with Gasteiger partial charge in [0.2, 0.25) is 5.75 Å². The summed E-state index contributed by atoms with van der Waals surface area (Å²) in [6.45, 7) is 4.57. The Balaban J connectivity index is 1.49. The first-order valence-corrected chi connectivity index (χ1v) is 12.8. The third-order valence-electron chi connectivity index (χ3n) is 6.08. The van der Waals surface area contributed by atoms with Gasteiger partial charge in [0.1, 0.15) is 35.7 Å². The smallest absolute Gasteiger partial charge is 0.204 e. The normalized spacial score (nSPS) is 11.0. The third kappa shape index (κ3) is 6.07. The Morgan fingerprint density at radius 1 is 0.744 bits per heavy atom. The molecule has 1 heterocycles. The van der Waals surface area contributed by atoms with Crippen LogP contribution in [0.1, 0.15) is 25.0 Å². The van der Waals surface area contributed by atoms with Crippen molar-refractivity contribution in [1.29, 1.82) is 0 Å². The summed E-state index contributed by atoms with van der Waals surface area (Å²) in [6.07, 6.45) is -0.200. The van der Waals surface area contributed by atoms with Crippen molar-refractivity contribution >= 4 is 11.0 Å². The van der Waals surface area contributed by atoms with E-state index >= 15 is 0 Å². The van der Waals surface area contributed by atoms with Crippen molar-refractivity contribution in [3.8, 4) is 34.3 Å². The molecule has 0 spiro atoms. The standard InChI is InChI=1S/C33H30O6/c1-22(2)38-33-31-27(34)18-28(25-14-16-26(17-15-25)36-20-23-10-6-4-7-11-23)39-29(31)19-30(32(33)35-3)37-21-24-12-8-5-9-13-24/h4-19,22H,20-21H2,1-3H3. The second-order valence-corrected chi connectivity index (χ2v) is 9.32. The number of hydrogen-bond acceptors (Lipinski definition) is 6. The van der Waals surface area contributed by atoms with Crippen molar-refractivity contribution in [2.45, 2.75) is 33.2 Å². The Morgan fingerprint density at radius 3 is 1.95 bits per heavy atom. The van der Waals surface area contributed by atoms with E-state index in [-0.39, 0.29) is 11.5 Å². The average Bonchev–Trinajstić information content (AvgIpc) is 2.95. The van der Waals surface area contributed by atoms with Crippen LogP contribution in [0.25, 0.3) is 22.3 Å². The zero-order chi connectivity index (χ0) is 27.2. The number of fused-ring (bicyclic) bond motifs is 1. The highest BCUT2D eigenvalue weighted by molar-refractivity contribution is 5.90. The summed E-state index contributed by atoms with van der Waals surface area (Å²) in [6, 6.07) is 30.4. The van der Waals surface area contributed by atoms with Gasteiger partial charge in [0, 0.05) is 17.7 Å². The van der Waals surface area contributed by atoms with Crippen LogP contribution in [-0.2, 0) is 13.2 Å². The Bertz CT molecular complexity index is 1590. The highest BCUT2D eigenvalue weighted by Crippen LogP contribution is 2.44. The van der Waals surface area contributed by atoms with Crippen molar-refractivity contribution in [3.05, 3.63) is 118 Å². The predicted molar refractivity (Wildman–Crippen MR) is 152 cm³/mol. The molecule has 39 heavy (non-hydrogen) atoms. The van der Waals surface area contributed by atoms with Gasteiger partial charge in [-0.15, -0.1) is 0 Å². The van der Waals surface area contributed by atoms with Gasteiger partial charge in [0.25, 0.3) is 0 Å². The topological polar surface area (TPSA) is 67.1 Å². The summed E-state index contributed by atoms with van der Waals surface area (Å²) in [4.78, 5) is 13.4. The van der Waals surface area contributed by atoms with Crippen molar-refractivity contribution in [3.63, 3.8) is 0 Å². The maximum absolute atomic E-state index is 13.4. The van der Waals surface area contributed by atoms with Gasteiger partial charge in [-0.25, -0.2) is 0 Å². The zero-order valence-corrected chi connectivity index (χ0v) is 22.2. The molecule has 0 atom stereocenters. The van der Waals surface area contributed by atoms with E-state index in [1.807, 2.05) is 98.8 Å². The SMILES string of the molecule is COc1c(OCc2ccccc2)cc2oc(-c3ccc(OCc4ccccc4)cc3)cc(=O)c2c1OC(C)C. The van der Waals surface area contributed by atoms with Gasteiger partial charge in [-0.2, -0.15) is 0 Å². The lowest BCUT2D eigenvalue weighted by Gasteiger charge is -2.19. The lowest BCUT2D eigenvalue weighted by molar-refractivity contribution is 0.224. The van der Waals surface area contributed by atoms with Gasteiger partial charge in [0.15, 0.2) is 16.9 Å². The molecule has 5 aromatic rings. The molecule has 6 heteroatoms. The van der Waals surface area contributed by atoms with E-state index in [9.17, 15) is 4.79 Å². The molecule has 0 bridgehead atoms. The molecule has 0 aliphatic heterocycles. The molecule has 4 aromatic carbocycles. The Hall–Kier alpha value is -4.71. The molecule has 0 amide bonds. The van der Waals surface area contributed by atoms with Crippen LogP contribution in [0.5, 0.6) is 23.0 Å². The highest BCUT2D eigenvalue weighted by Gasteiger charge is 2.23. The van der Waals surface area contributed by atoms with Crippen LogP contribution in [-0.4, -0.2) is 13.2 Å². The van der Waals surface area contributed by atoms with Gasteiger partial charge in [-0.05, 0) is 49.2 Å². The largest absolute Gasteiger partial charge is 0.490 e. The summed E-state index contributed by atoms with van der Waals surface area (Å²) in [5.74, 6) is 2.23. The highest BCUT2D eigenvalue weighted by atomic mass is 16.5. The molecule has 0 unspecified atom stereocenters. The summed E-state index contributed by atoms with van der Waals surface area (Å²) < 4.78 is 30.0. The molecule has 0 saturated carbocycles. The molecule has 0 aliphatic carbocycles. The Labute approximate surface area is 227 Å². The molecular weight excluding hydrogens is 492 g/mol. The minimum atomic E-state index is -0.237. The Morgan fingerprint density at radius 2 is 1.36 bits per heavy atom. The fourth-order valence-electron chi connectivity index (χ4n) is 4.23. The zero-order valence-electron chi connectivity index (χ0n) is 22.2. The first-order chi connectivity index (χ1) is 19.0. The van der Waals surface area contributed by atoms with Crippen molar-refractivity contribution in [2.24, 2.45) is 0 Å². The van der Waals surface area contributed by atoms with Crippen molar-refractivity contribution < 1.29 is 23.4 Å². The fraction of sp³-hybridized carbons (Fsp3) is 0.182. The number of ether oxygens (including phenoxy) is 4. The summed E-state index contributed by atoms with van der Waals surface area (Å²) in [5.41, 5.74) is 2.94. The summed E-state index contributed by atoms with van der Waals surface area (Å²) >= 11 is 0. The lowest BCUT2D eigenvalue weighted by Crippen LogP contribution is -2.12. The second-order valence-electron chi connectivity index (χ2n) is 9.32. The minimum Gasteiger partial charge on any atom is -0.490 e. The Kier molecular flexibility index (Phi) is 7.83. The quantitative estimate of drug-likeness (QED) is 0.190.